The van der Waals surface area contributed by atoms with Crippen LogP contribution in [0, 0.1) is 0 Å². The second-order valence-corrected chi connectivity index (χ2v) is 3.82. The number of rotatable bonds is 0. The van der Waals surface area contributed by atoms with Crippen molar-refractivity contribution in [3.63, 3.8) is 0 Å². The summed E-state index contributed by atoms with van der Waals surface area (Å²) in [4.78, 5) is 0. The largest absolute Gasteiger partial charge is 0.391 e. The molecule has 1 rings (SSSR count). The molecule has 1 aliphatic rings. The van der Waals surface area contributed by atoms with E-state index in [9.17, 15) is 25.5 Å². The van der Waals surface area contributed by atoms with E-state index in [1.54, 1.807) is 0 Å². The molecule has 0 heterocycles. The minimum absolute atomic E-state index is 0.00782. The monoisotopic (exact) mass is 207 g/mol. The Bertz CT molecular complexity index is 171. The Morgan fingerprint density at radius 3 is 1.64 bits per heavy atom. The van der Waals surface area contributed by atoms with Crippen LogP contribution in [0.5, 0.6) is 0 Å². The van der Waals surface area contributed by atoms with Crippen molar-refractivity contribution in [1.29, 1.82) is 0 Å². The summed E-state index contributed by atoms with van der Waals surface area (Å²) in [7, 11) is 0. The van der Waals surface area contributed by atoms with Gasteiger partial charge in [-0.15, -0.1) is 0 Å². The smallest absolute Gasteiger partial charge is 0.108 e. The maximum atomic E-state index is 9.39. The molecule has 0 radical (unpaired) electrons. The summed E-state index contributed by atoms with van der Waals surface area (Å²) in [5, 5.41) is 46.7. The average Bonchev–Trinajstić information content (AvgIpc) is 2.13. The van der Waals surface area contributed by atoms with Gasteiger partial charge < -0.3 is 31.3 Å². The normalized spacial score (nSPS) is 51.0. The molecule has 6 atom stereocenters. The van der Waals surface area contributed by atoms with Gasteiger partial charge in [-0.05, 0) is 6.42 Å². The van der Waals surface area contributed by atoms with Gasteiger partial charge >= 0.3 is 0 Å². The van der Waals surface area contributed by atoms with Crippen molar-refractivity contribution < 1.29 is 25.5 Å². The van der Waals surface area contributed by atoms with Crippen LogP contribution in [0.25, 0.3) is 0 Å². The third-order valence-corrected chi connectivity index (χ3v) is 2.63. The van der Waals surface area contributed by atoms with Crippen molar-refractivity contribution in [2.75, 3.05) is 0 Å². The molecular formula is C8H17NO5. The van der Waals surface area contributed by atoms with Crippen LogP contribution in [0.1, 0.15) is 12.8 Å². The molecule has 1 saturated carbocycles. The zero-order valence-corrected chi connectivity index (χ0v) is 7.69. The number of aliphatic hydroxyl groups excluding tert-OH is 5. The first kappa shape index (κ1) is 11.8. The van der Waals surface area contributed by atoms with Crippen LogP contribution in [0.15, 0.2) is 0 Å². The van der Waals surface area contributed by atoms with Gasteiger partial charge in [0.2, 0.25) is 0 Å². The molecule has 14 heavy (non-hydrogen) atoms. The molecule has 0 aliphatic heterocycles. The molecule has 0 aromatic heterocycles. The topological polar surface area (TPSA) is 127 Å². The molecule has 0 spiro atoms. The summed E-state index contributed by atoms with van der Waals surface area (Å²) < 4.78 is 0. The Kier molecular flexibility index (Phi) is 3.82. The van der Waals surface area contributed by atoms with Crippen molar-refractivity contribution in [3.8, 4) is 0 Å². The highest BCUT2D eigenvalue weighted by atomic mass is 16.4. The predicted molar refractivity (Wildman–Crippen MR) is 47.2 cm³/mol. The first-order chi connectivity index (χ1) is 6.43. The maximum absolute atomic E-state index is 9.39. The summed E-state index contributed by atoms with van der Waals surface area (Å²) in [6, 6.07) is -0.707. The fourth-order valence-electron chi connectivity index (χ4n) is 1.59. The second kappa shape index (κ2) is 4.52. The molecular weight excluding hydrogens is 190 g/mol. The molecule has 6 heteroatoms. The molecule has 0 aromatic rings. The van der Waals surface area contributed by atoms with E-state index in [1.165, 1.54) is 0 Å². The fourth-order valence-corrected chi connectivity index (χ4v) is 1.59. The van der Waals surface area contributed by atoms with Crippen LogP contribution in [0.4, 0.5) is 0 Å². The lowest BCUT2D eigenvalue weighted by Gasteiger charge is -2.33. The molecule has 0 saturated heterocycles. The van der Waals surface area contributed by atoms with Crippen LogP contribution in [-0.2, 0) is 0 Å². The number of aliphatic hydroxyl groups is 5. The van der Waals surface area contributed by atoms with Crippen molar-refractivity contribution in [1.82, 2.24) is 0 Å². The molecule has 6 nitrogen and oxygen atoms in total. The van der Waals surface area contributed by atoms with Gasteiger partial charge in [-0.3, -0.25) is 0 Å². The zero-order valence-electron chi connectivity index (χ0n) is 7.69. The summed E-state index contributed by atoms with van der Waals surface area (Å²) in [5.74, 6) is 0. The zero-order chi connectivity index (χ0) is 10.9. The molecule has 1 aliphatic carbocycles. The van der Waals surface area contributed by atoms with E-state index in [0.29, 0.717) is 0 Å². The van der Waals surface area contributed by atoms with E-state index in [-0.39, 0.29) is 12.8 Å². The van der Waals surface area contributed by atoms with E-state index < -0.39 is 36.6 Å². The second-order valence-electron chi connectivity index (χ2n) is 3.82. The van der Waals surface area contributed by atoms with Crippen molar-refractivity contribution in [3.05, 3.63) is 0 Å². The van der Waals surface area contributed by atoms with Gasteiger partial charge in [-0.25, -0.2) is 0 Å². The van der Waals surface area contributed by atoms with Crippen molar-refractivity contribution in [2.45, 2.75) is 49.4 Å². The quantitative estimate of drug-likeness (QED) is 0.250. The lowest BCUT2D eigenvalue weighted by molar-refractivity contribution is -0.129. The van der Waals surface area contributed by atoms with Gasteiger partial charge in [0.05, 0.1) is 18.3 Å². The SMILES string of the molecule is N[C@@H]1C[C@@H](O)[C@@H](O)[C@H](O)[C@H](O)C[C@H]1O. The molecule has 7 N–H and O–H groups in total. The molecule has 0 unspecified atom stereocenters. The minimum Gasteiger partial charge on any atom is -0.391 e. The van der Waals surface area contributed by atoms with Crippen LogP contribution in [0.2, 0.25) is 0 Å². The van der Waals surface area contributed by atoms with Crippen LogP contribution in [-0.4, -0.2) is 62.1 Å². The van der Waals surface area contributed by atoms with Crippen molar-refractivity contribution in [2.24, 2.45) is 5.73 Å². The Labute approximate surface area is 81.6 Å². The van der Waals surface area contributed by atoms with Gasteiger partial charge in [0.25, 0.3) is 0 Å². The molecule has 1 fully saturated rings. The average molecular weight is 207 g/mol. The summed E-state index contributed by atoms with van der Waals surface area (Å²) >= 11 is 0. The lowest BCUT2D eigenvalue weighted by atomic mass is 9.88. The van der Waals surface area contributed by atoms with Crippen LogP contribution >= 0.6 is 0 Å². The molecule has 84 valence electrons. The first-order valence-electron chi connectivity index (χ1n) is 4.59. The Morgan fingerprint density at radius 1 is 0.714 bits per heavy atom. The number of hydrogen-bond donors (Lipinski definition) is 6. The van der Waals surface area contributed by atoms with Gasteiger partial charge in [0.1, 0.15) is 12.2 Å². The van der Waals surface area contributed by atoms with Gasteiger partial charge in [0, 0.05) is 12.5 Å². The highest BCUT2D eigenvalue weighted by Crippen LogP contribution is 2.18. The maximum Gasteiger partial charge on any atom is 0.108 e. The van der Waals surface area contributed by atoms with Crippen LogP contribution in [0.3, 0.4) is 0 Å². The predicted octanol–water partition coefficient (Wildman–Crippen LogP) is -3.09. The van der Waals surface area contributed by atoms with Gasteiger partial charge in [0.15, 0.2) is 0 Å². The third kappa shape index (κ3) is 2.41. The number of hydrogen-bond acceptors (Lipinski definition) is 6. The van der Waals surface area contributed by atoms with E-state index in [1.807, 2.05) is 0 Å². The molecule has 0 amide bonds. The minimum atomic E-state index is -1.45. The summed E-state index contributed by atoms with van der Waals surface area (Å²) in [6.07, 6.45) is -6.48. The fraction of sp³-hybridized carbons (Fsp3) is 1.00. The van der Waals surface area contributed by atoms with Crippen LogP contribution < -0.4 is 5.73 Å². The van der Waals surface area contributed by atoms with Gasteiger partial charge in [-0.1, -0.05) is 0 Å². The standard InChI is InChI=1S/C8H17NO5/c9-3-1-5(11)7(13)8(14)6(12)2-4(3)10/h3-8,10-14H,1-2,9H2/t3-,4-,5-,6-,7-,8-/m1/s1. The van der Waals surface area contributed by atoms with E-state index in [0.717, 1.165) is 0 Å². The first-order valence-corrected chi connectivity index (χ1v) is 4.59. The van der Waals surface area contributed by atoms with Crippen molar-refractivity contribution >= 4 is 0 Å². The van der Waals surface area contributed by atoms with E-state index in [4.69, 9.17) is 5.73 Å². The Balaban J connectivity index is 2.72. The summed E-state index contributed by atoms with van der Waals surface area (Å²) in [5.41, 5.74) is 5.49. The lowest BCUT2D eigenvalue weighted by Crippen LogP contribution is -2.53. The van der Waals surface area contributed by atoms with E-state index in [2.05, 4.69) is 0 Å². The highest BCUT2D eigenvalue weighted by molar-refractivity contribution is 4.90. The number of nitrogens with two attached hydrogens (primary N) is 1. The van der Waals surface area contributed by atoms with E-state index >= 15 is 0 Å². The molecule has 0 aromatic carbocycles. The molecule has 0 bridgehead atoms. The highest BCUT2D eigenvalue weighted by Gasteiger charge is 2.36. The summed E-state index contributed by atoms with van der Waals surface area (Å²) in [6.45, 7) is 0. The Hall–Kier alpha value is -0.240. The van der Waals surface area contributed by atoms with Gasteiger partial charge in [-0.2, -0.15) is 0 Å². The Morgan fingerprint density at radius 2 is 1.14 bits per heavy atom. The third-order valence-electron chi connectivity index (χ3n) is 2.63.